The molecule has 4 aromatic rings. The molecule has 4 N–H and O–H groups in total. The van der Waals surface area contributed by atoms with Gasteiger partial charge in [-0.1, -0.05) is 41.4 Å². The van der Waals surface area contributed by atoms with Gasteiger partial charge in [-0.25, -0.2) is 4.98 Å². The molecule has 14 heteroatoms. The van der Waals surface area contributed by atoms with Crippen LogP contribution in [-0.2, 0) is 22.6 Å². The highest BCUT2D eigenvalue weighted by molar-refractivity contribution is 6.39. The van der Waals surface area contributed by atoms with E-state index in [1.165, 1.54) is 0 Å². The summed E-state index contributed by atoms with van der Waals surface area (Å²) in [6, 6.07) is 12.5. The van der Waals surface area contributed by atoms with Gasteiger partial charge in [0, 0.05) is 86.5 Å². The lowest BCUT2D eigenvalue weighted by Crippen LogP contribution is -2.35. The van der Waals surface area contributed by atoms with E-state index in [4.69, 9.17) is 42.4 Å². The van der Waals surface area contributed by atoms with Crippen molar-refractivity contribution >= 4 is 40.7 Å². The van der Waals surface area contributed by atoms with Crippen molar-refractivity contribution in [2.45, 2.75) is 32.0 Å². The SMILES string of the molecule is COCCNCc1cnc(C(=O)Nc2cccc(-c3nccc(-c4ccc(CNCC5CCC(=O)N5)c(OC)n4)c3Cl)c2Cl)cc1OC. The molecule has 1 atom stereocenters. The first kappa shape index (κ1) is 35.0. The third-order valence-corrected chi connectivity index (χ3v) is 8.58. The highest BCUT2D eigenvalue weighted by Gasteiger charge is 2.22. The quantitative estimate of drug-likeness (QED) is 0.127. The number of rotatable bonds is 15. The molecule has 4 heterocycles. The average Bonchev–Trinajstić information content (AvgIpc) is 3.52. The molecule has 1 aliphatic rings. The molecule has 0 aliphatic carbocycles. The first-order valence-electron chi connectivity index (χ1n) is 15.3. The molecule has 3 aromatic heterocycles. The van der Waals surface area contributed by atoms with E-state index in [0.29, 0.717) is 84.1 Å². The van der Waals surface area contributed by atoms with E-state index in [0.717, 1.165) is 17.5 Å². The molecular formula is C34H37Cl2N7O5. The lowest BCUT2D eigenvalue weighted by molar-refractivity contribution is -0.119. The number of ether oxygens (including phenoxy) is 3. The van der Waals surface area contributed by atoms with Gasteiger partial charge in [-0.05, 0) is 24.6 Å². The Morgan fingerprint density at radius 1 is 0.979 bits per heavy atom. The molecule has 252 valence electrons. The highest BCUT2D eigenvalue weighted by atomic mass is 35.5. The number of amides is 2. The predicted molar refractivity (Wildman–Crippen MR) is 185 cm³/mol. The molecule has 2 amide bonds. The second kappa shape index (κ2) is 16.7. The van der Waals surface area contributed by atoms with Crippen LogP contribution in [0.1, 0.15) is 34.5 Å². The number of halogens is 2. The molecule has 5 rings (SSSR count). The lowest BCUT2D eigenvalue weighted by atomic mass is 10.1. The van der Waals surface area contributed by atoms with E-state index >= 15 is 0 Å². The fourth-order valence-electron chi connectivity index (χ4n) is 5.28. The van der Waals surface area contributed by atoms with E-state index < -0.39 is 5.91 Å². The fourth-order valence-corrected chi connectivity index (χ4v) is 5.85. The van der Waals surface area contributed by atoms with Crippen LogP contribution < -0.4 is 30.7 Å². The Morgan fingerprint density at radius 2 is 1.81 bits per heavy atom. The average molecular weight is 695 g/mol. The fraction of sp³-hybridized carbons (Fsp3) is 0.324. The van der Waals surface area contributed by atoms with Crippen molar-refractivity contribution in [2.24, 2.45) is 0 Å². The minimum absolute atomic E-state index is 0.0826. The Morgan fingerprint density at radius 3 is 2.56 bits per heavy atom. The Bertz CT molecular complexity index is 1770. The van der Waals surface area contributed by atoms with Crippen molar-refractivity contribution in [3.8, 4) is 34.1 Å². The van der Waals surface area contributed by atoms with Crippen molar-refractivity contribution in [1.82, 2.24) is 30.9 Å². The van der Waals surface area contributed by atoms with Gasteiger partial charge in [0.15, 0.2) is 0 Å². The van der Waals surface area contributed by atoms with E-state index in [-0.39, 0.29) is 22.7 Å². The largest absolute Gasteiger partial charge is 0.496 e. The molecule has 0 radical (unpaired) electrons. The summed E-state index contributed by atoms with van der Waals surface area (Å²) in [5.41, 5.74) is 4.36. The zero-order valence-corrected chi connectivity index (χ0v) is 28.4. The summed E-state index contributed by atoms with van der Waals surface area (Å²) in [6.07, 6.45) is 4.60. The molecule has 12 nitrogen and oxygen atoms in total. The van der Waals surface area contributed by atoms with Crippen LogP contribution in [-0.4, -0.2) is 73.8 Å². The Kier molecular flexibility index (Phi) is 12.2. The maximum absolute atomic E-state index is 13.2. The molecule has 48 heavy (non-hydrogen) atoms. The van der Waals surface area contributed by atoms with Crippen molar-refractivity contribution < 1.29 is 23.8 Å². The molecule has 1 aromatic carbocycles. The van der Waals surface area contributed by atoms with Crippen molar-refractivity contribution in [2.75, 3.05) is 46.3 Å². The number of nitrogens with one attached hydrogen (secondary N) is 4. The lowest BCUT2D eigenvalue weighted by Gasteiger charge is -2.15. The minimum Gasteiger partial charge on any atom is -0.496 e. The summed E-state index contributed by atoms with van der Waals surface area (Å²) in [4.78, 5) is 38.3. The molecule has 1 aliphatic heterocycles. The molecule has 0 bridgehead atoms. The van der Waals surface area contributed by atoms with Gasteiger partial charge in [-0.2, -0.15) is 0 Å². The van der Waals surface area contributed by atoms with Gasteiger partial charge in [-0.15, -0.1) is 0 Å². The number of anilines is 1. The number of carbonyl (C=O) groups is 2. The van der Waals surface area contributed by atoms with E-state index in [9.17, 15) is 9.59 Å². The van der Waals surface area contributed by atoms with Gasteiger partial charge in [0.1, 0.15) is 11.4 Å². The maximum Gasteiger partial charge on any atom is 0.274 e. The Labute approximate surface area is 288 Å². The second-order valence-corrected chi connectivity index (χ2v) is 11.7. The summed E-state index contributed by atoms with van der Waals surface area (Å²) in [5, 5.41) is 13.0. The molecule has 1 fully saturated rings. The first-order chi connectivity index (χ1) is 23.3. The van der Waals surface area contributed by atoms with Crippen LogP contribution >= 0.6 is 23.2 Å². The minimum atomic E-state index is -0.460. The van der Waals surface area contributed by atoms with Crippen LogP contribution in [0.25, 0.3) is 22.5 Å². The summed E-state index contributed by atoms with van der Waals surface area (Å²) in [6.45, 7) is 2.92. The van der Waals surface area contributed by atoms with Crippen molar-refractivity contribution in [1.29, 1.82) is 0 Å². The highest BCUT2D eigenvalue weighted by Crippen LogP contribution is 2.40. The number of aromatic nitrogens is 3. The summed E-state index contributed by atoms with van der Waals surface area (Å²) < 4.78 is 16.2. The zero-order chi connectivity index (χ0) is 34.0. The van der Waals surface area contributed by atoms with Crippen molar-refractivity contribution in [3.63, 3.8) is 0 Å². The van der Waals surface area contributed by atoms with Gasteiger partial charge in [-0.3, -0.25) is 19.6 Å². The summed E-state index contributed by atoms with van der Waals surface area (Å²) in [5.74, 6) is 0.603. The molecule has 0 saturated carbocycles. The van der Waals surface area contributed by atoms with Crippen LogP contribution in [0.5, 0.6) is 11.6 Å². The zero-order valence-electron chi connectivity index (χ0n) is 26.9. The summed E-state index contributed by atoms with van der Waals surface area (Å²) in [7, 11) is 4.74. The number of methoxy groups -OCH3 is 3. The Balaban J connectivity index is 1.32. The number of hydrogen-bond donors (Lipinski definition) is 4. The van der Waals surface area contributed by atoms with Crippen LogP contribution in [0.3, 0.4) is 0 Å². The molecule has 0 spiro atoms. The van der Waals surface area contributed by atoms with E-state index in [1.54, 1.807) is 64.1 Å². The second-order valence-electron chi connectivity index (χ2n) is 11.0. The van der Waals surface area contributed by atoms with Crippen LogP contribution in [0.4, 0.5) is 5.69 Å². The number of carbonyl (C=O) groups excluding carboxylic acids is 2. The predicted octanol–water partition coefficient (Wildman–Crippen LogP) is 4.89. The molecule has 1 saturated heterocycles. The monoisotopic (exact) mass is 693 g/mol. The smallest absolute Gasteiger partial charge is 0.274 e. The van der Waals surface area contributed by atoms with Gasteiger partial charge in [0.05, 0.1) is 47.9 Å². The number of hydrogen-bond acceptors (Lipinski definition) is 10. The van der Waals surface area contributed by atoms with E-state index in [1.807, 2.05) is 12.1 Å². The van der Waals surface area contributed by atoms with Crippen LogP contribution in [0, 0.1) is 0 Å². The van der Waals surface area contributed by atoms with Crippen LogP contribution in [0.15, 0.2) is 54.9 Å². The molecular weight excluding hydrogens is 657 g/mol. The third-order valence-electron chi connectivity index (χ3n) is 7.79. The van der Waals surface area contributed by atoms with Gasteiger partial charge < -0.3 is 35.5 Å². The third kappa shape index (κ3) is 8.38. The van der Waals surface area contributed by atoms with Crippen molar-refractivity contribution in [3.05, 3.63) is 81.7 Å². The van der Waals surface area contributed by atoms with E-state index in [2.05, 4.69) is 31.2 Å². The number of pyridine rings is 3. The standard InChI is InChI=1S/C34H37Cl2N7O5/c1-46-14-13-37-17-21-18-40-27(15-28(21)47-2)33(45)42-26-6-4-5-24(30(26)35)32-31(36)23(11-12-39-32)25-9-7-20(34(43-25)48-3)16-38-19-22-8-10-29(44)41-22/h4-7,9,11-12,15,18,22,37-38H,8,10,13-14,16-17,19H2,1-3H3,(H,41,44)(H,42,45). The number of nitrogens with zero attached hydrogens (tertiary/aromatic N) is 3. The molecule has 1 unspecified atom stereocenters. The topological polar surface area (TPSA) is 149 Å². The Hall–Kier alpha value is -4.33. The van der Waals surface area contributed by atoms with Gasteiger partial charge in [0.25, 0.3) is 5.91 Å². The maximum atomic E-state index is 13.2. The first-order valence-corrected chi connectivity index (χ1v) is 16.1. The van der Waals surface area contributed by atoms with Gasteiger partial charge >= 0.3 is 0 Å². The normalized spacial score (nSPS) is 14.1. The summed E-state index contributed by atoms with van der Waals surface area (Å²) >= 11 is 13.8. The number of benzene rings is 1. The van der Waals surface area contributed by atoms with Crippen LogP contribution in [0.2, 0.25) is 10.0 Å². The van der Waals surface area contributed by atoms with Gasteiger partial charge in [0.2, 0.25) is 11.8 Å².